The van der Waals surface area contributed by atoms with E-state index in [1.807, 2.05) is 18.2 Å². The van der Waals surface area contributed by atoms with Crippen molar-refractivity contribution in [3.05, 3.63) is 24.3 Å². The molecule has 1 saturated heterocycles. The minimum absolute atomic E-state index is 0.0744. The van der Waals surface area contributed by atoms with Crippen LogP contribution in [-0.4, -0.2) is 32.4 Å². The smallest absolute Gasteiger partial charge is 0.211 e. The highest BCUT2D eigenvalue weighted by atomic mass is 32.2. The molecule has 1 amide bonds. The molecule has 1 atom stereocenters. The molecular weight excluding hydrogens is 240 g/mol. The zero-order valence-electron chi connectivity index (χ0n) is 9.22. The lowest BCUT2D eigenvalue weighted by Gasteiger charge is -2.15. The second-order valence-electron chi connectivity index (χ2n) is 4.05. The molecule has 5 nitrogen and oxygen atoms in total. The van der Waals surface area contributed by atoms with Crippen LogP contribution in [0.1, 0.15) is 6.42 Å². The van der Waals surface area contributed by atoms with Crippen LogP contribution in [0.4, 0.5) is 11.4 Å². The van der Waals surface area contributed by atoms with Crippen molar-refractivity contribution >= 4 is 27.6 Å². The number of benzene rings is 1. The molecule has 0 bridgehead atoms. The van der Waals surface area contributed by atoms with Crippen molar-refractivity contribution in [1.82, 2.24) is 0 Å². The standard InChI is InChI=1S/C11H14N2O3S/c14-8-12-10-3-1-2-4-11(10)13-9-5-6-17(15,16)7-9/h1-4,8-9,13H,5-7H2,(H,12,14). The van der Waals surface area contributed by atoms with Gasteiger partial charge in [-0.1, -0.05) is 12.1 Å². The molecule has 1 aliphatic rings. The normalized spacial score (nSPS) is 22.0. The van der Waals surface area contributed by atoms with Gasteiger partial charge < -0.3 is 10.6 Å². The number of sulfone groups is 1. The summed E-state index contributed by atoms with van der Waals surface area (Å²) in [6.45, 7) is 0. The van der Waals surface area contributed by atoms with E-state index in [1.54, 1.807) is 6.07 Å². The predicted octanol–water partition coefficient (Wildman–Crippen LogP) is 0.854. The van der Waals surface area contributed by atoms with Gasteiger partial charge in [-0.25, -0.2) is 8.42 Å². The van der Waals surface area contributed by atoms with Crippen molar-refractivity contribution in [2.45, 2.75) is 12.5 Å². The molecule has 2 N–H and O–H groups in total. The monoisotopic (exact) mass is 254 g/mol. The molecule has 1 aromatic rings. The van der Waals surface area contributed by atoms with Gasteiger partial charge in [-0.15, -0.1) is 0 Å². The molecule has 0 aliphatic carbocycles. The zero-order chi connectivity index (χ0) is 12.3. The van der Waals surface area contributed by atoms with Crippen LogP contribution in [0.2, 0.25) is 0 Å². The van der Waals surface area contributed by atoms with Gasteiger partial charge >= 0.3 is 0 Å². The summed E-state index contributed by atoms with van der Waals surface area (Å²) in [5.41, 5.74) is 1.41. The Balaban J connectivity index is 2.11. The number of carbonyl (C=O) groups excluding carboxylic acids is 1. The Bertz CT molecular complexity index is 513. The summed E-state index contributed by atoms with van der Waals surface area (Å²) >= 11 is 0. The molecule has 17 heavy (non-hydrogen) atoms. The maximum atomic E-state index is 11.3. The Morgan fingerprint density at radius 1 is 1.24 bits per heavy atom. The van der Waals surface area contributed by atoms with Gasteiger partial charge in [-0.05, 0) is 18.6 Å². The van der Waals surface area contributed by atoms with Gasteiger partial charge in [0.1, 0.15) is 0 Å². The van der Waals surface area contributed by atoms with Crippen LogP contribution in [0, 0.1) is 0 Å². The number of para-hydroxylation sites is 2. The van der Waals surface area contributed by atoms with Crippen LogP contribution in [0.5, 0.6) is 0 Å². The van der Waals surface area contributed by atoms with Gasteiger partial charge in [0.25, 0.3) is 0 Å². The first-order valence-corrected chi connectivity index (χ1v) is 7.19. The van der Waals surface area contributed by atoms with E-state index in [9.17, 15) is 13.2 Å². The molecule has 92 valence electrons. The summed E-state index contributed by atoms with van der Waals surface area (Å²) in [5.74, 6) is 0.385. The molecule has 0 aromatic heterocycles. The lowest BCUT2D eigenvalue weighted by Crippen LogP contribution is -2.21. The van der Waals surface area contributed by atoms with Crippen LogP contribution >= 0.6 is 0 Å². The Kier molecular flexibility index (Phi) is 3.33. The first-order chi connectivity index (χ1) is 8.11. The molecule has 6 heteroatoms. The van der Waals surface area contributed by atoms with Crippen LogP contribution in [0.15, 0.2) is 24.3 Å². The van der Waals surface area contributed by atoms with Crippen molar-refractivity contribution in [3.8, 4) is 0 Å². The quantitative estimate of drug-likeness (QED) is 0.781. The largest absolute Gasteiger partial charge is 0.380 e. The number of hydrogen-bond donors (Lipinski definition) is 2. The van der Waals surface area contributed by atoms with Gasteiger partial charge in [0, 0.05) is 6.04 Å². The molecule has 1 fully saturated rings. The number of rotatable bonds is 4. The van der Waals surface area contributed by atoms with E-state index in [2.05, 4.69) is 10.6 Å². The Hall–Kier alpha value is -1.56. The van der Waals surface area contributed by atoms with Crippen molar-refractivity contribution < 1.29 is 13.2 Å². The topological polar surface area (TPSA) is 75.3 Å². The van der Waals surface area contributed by atoms with E-state index in [-0.39, 0.29) is 17.5 Å². The highest BCUT2D eigenvalue weighted by Crippen LogP contribution is 2.24. The van der Waals surface area contributed by atoms with Gasteiger partial charge in [0.05, 0.1) is 22.9 Å². The summed E-state index contributed by atoms with van der Waals surface area (Å²) in [7, 11) is -2.89. The Morgan fingerprint density at radius 2 is 1.94 bits per heavy atom. The lowest BCUT2D eigenvalue weighted by atomic mass is 10.2. The molecule has 1 unspecified atom stereocenters. The second kappa shape index (κ2) is 4.75. The highest BCUT2D eigenvalue weighted by molar-refractivity contribution is 7.91. The van der Waals surface area contributed by atoms with E-state index >= 15 is 0 Å². The average molecular weight is 254 g/mol. The lowest BCUT2D eigenvalue weighted by molar-refractivity contribution is -0.105. The minimum Gasteiger partial charge on any atom is -0.380 e. The van der Waals surface area contributed by atoms with Gasteiger partial charge in [0.15, 0.2) is 9.84 Å². The van der Waals surface area contributed by atoms with E-state index in [0.717, 1.165) is 5.69 Å². The summed E-state index contributed by atoms with van der Waals surface area (Å²) in [6.07, 6.45) is 1.21. The predicted molar refractivity (Wildman–Crippen MR) is 66.8 cm³/mol. The molecule has 1 heterocycles. The second-order valence-corrected chi connectivity index (χ2v) is 6.28. The van der Waals surface area contributed by atoms with E-state index in [1.165, 1.54) is 0 Å². The number of carbonyl (C=O) groups is 1. The Labute approximate surface area is 100 Å². The van der Waals surface area contributed by atoms with Crippen LogP contribution in [0.3, 0.4) is 0 Å². The summed E-state index contributed by atoms with van der Waals surface area (Å²) in [5, 5.41) is 5.73. The highest BCUT2D eigenvalue weighted by Gasteiger charge is 2.27. The van der Waals surface area contributed by atoms with Gasteiger partial charge in [-0.2, -0.15) is 0 Å². The average Bonchev–Trinajstić information content (AvgIpc) is 2.61. The molecule has 0 radical (unpaired) electrons. The maximum absolute atomic E-state index is 11.3. The molecular formula is C11H14N2O3S. The van der Waals surface area contributed by atoms with Crippen LogP contribution < -0.4 is 10.6 Å². The SMILES string of the molecule is O=CNc1ccccc1NC1CCS(=O)(=O)C1. The van der Waals surface area contributed by atoms with E-state index in [4.69, 9.17) is 0 Å². The van der Waals surface area contributed by atoms with Gasteiger partial charge in [0.2, 0.25) is 6.41 Å². The van der Waals surface area contributed by atoms with Gasteiger partial charge in [-0.3, -0.25) is 4.79 Å². The van der Waals surface area contributed by atoms with Crippen LogP contribution in [0.25, 0.3) is 0 Å². The van der Waals surface area contributed by atoms with E-state index < -0.39 is 9.84 Å². The van der Waals surface area contributed by atoms with Crippen molar-refractivity contribution in [1.29, 1.82) is 0 Å². The fourth-order valence-electron chi connectivity index (χ4n) is 1.93. The third kappa shape index (κ3) is 2.97. The summed E-state index contributed by atoms with van der Waals surface area (Å²) in [6, 6.07) is 7.15. The summed E-state index contributed by atoms with van der Waals surface area (Å²) in [4.78, 5) is 10.4. The first-order valence-electron chi connectivity index (χ1n) is 5.37. The number of hydrogen-bond acceptors (Lipinski definition) is 4. The zero-order valence-corrected chi connectivity index (χ0v) is 10.0. The van der Waals surface area contributed by atoms with Crippen LogP contribution in [-0.2, 0) is 14.6 Å². The van der Waals surface area contributed by atoms with Crippen molar-refractivity contribution in [2.75, 3.05) is 22.1 Å². The third-order valence-corrected chi connectivity index (χ3v) is 4.50. The molecule has 0 spiro atoms. The first kappa shape index (κ1) is 11.9. The number of nitrogens with one attached hydrogen (secondary N) is 2. The van der Waals surface area contributed by atoms with E-state index in [0.29, 0.717) is 18.5 Å². The van der Waals surface area contributed by atoms with Crippen molar-refractivity contribution in [3.63, 3.8) is 0 Å². The van der Waals surface area contributed by atoms with Crippen molar-refractivity contribution in [2.24, 2.45) is 0 Å². The molecule has 1 aliphatic heterocycles. The summed E-state index contributed by atoms with van der Waals surface area (Å²) < 4.78 is 22.7. The number of amides is 1. The third-order valence-electron chi connectivity index (χ3n) is 2.73. The molecule has 1 aromatic carbocycles. The Morgan fingerprint density at radius 3 is 2.53 bits per heavy atom. The molecule has 0 saturated carbocycles. The number of anilines is 2. The fraction of sp³-hybridized carbons (Fsp3) is 0.364. The minimum atomic E-state index is -2.89. The molecule has 2 rings (SSSR count). The maximum Gasteiger partial charge on any atom is 0.211 e. The fourth-order valence-corrected chi connectivity index (χ4v) is 3.60.